The highest BCUT2D eigenvalue weighted by molar-refractivity contribution is 6.07. The number of aromatic amines is 1. The number of aliphatic hydroxyl groups excluding tert-OH is 1. The van der Waals surface area contributed by atoms with Gasteiger partial charge in [-0.15, -0.1) is 0 Å². The zero-order chi connectivity index (χ0) is 17.9. The van der Waals surface area contributed by atoms with Gasteiger partial charge in [-0.2, -0.15) is 0 Å². The second kappa shape index (κ2) is 6.68. The van der Waals surface area contributed by atoms with Crippen LogP contribution >= 0.6 is 0 Å². The molecule has 0 fully saturated rings. The van der Waals surface area contributed by atoms with Crippen LogP contribution in [0.2, 0.25) is 0 Å². The van der Waals surface area contributed by atoms with Crippen LogP contribution in [-0.4, -0.2) is 38.8 Å². The fourth-order valence-corrected chi connectivity index (χ4v) is 2.20. The zero-order valence-corrected chi connectivity index (χ0v) is 12.2. The van der Waals surface area contributed by atoms with E-state index in [1.54, 1.807) is 0 Å². The summed E-state index contributed by atoms with van der Waals surface area (Å²) in [6.07, 6.45) is 0. The van der Waals surface area contributed by atoms with Crippen molar-refractivity contribution in [2.75, 3.05) is 12.3 Å². The monoisotopic (exact) mass is 328 g/mol. The smallest absolute Gasteiger partial charge is 0.342 e. The summed E-state index contributed by atoms with van der Waals surface area (Å²) in [6, 6.07) is 5.86. The third-order valence-electron chi connectivity index (χ3n) is 3.16. The third kappa shape index (κ3) is 3.11. The van der Waals surface area contributed by atoms with E-state index in [4.69, 9.17) is 10.8 Å². The van der Waals surface area contributed by atoms with Gasteiger partial charge in [0.25, 0.3) is 5.56 Å². The molecule has 0 bridgehead atoms. The van der Waals surface area contributed by atoms with Crippen molar-refractivity contribution in [3.05, 3.63) is 51.3 Å². The van der Waals surface area contributed by atoms with Gasteiger partial charge in [0.1, 0.15) is 23.6 Å². The summed E-state index contributed by atoms with van der Waals surface area (Å²) < 4.78 is 0. The van der Waals surface area contributed by atoms with Gasteiger partial charge in [-0.25, -0.2) is 9.59 Å². The highest BCUT2D eigenvalue weighted by Gasteiger charge is 2.26. The molecule has 0 aliphatic carbocycles. The lowest BCUT2D eigenvalue weighted by Gasteiger charge is -2.12. The van der Waals surface area contributed by atoms with Crippen LogP contribution in [0.3, 0.4) is 0 Å². The standard InChI is InChI=1S/C16H12N2O6/c17-13-11(15(21)22)10(12(16(23)24)14(20)18-13)9-5-3-8(4-6-9)2-1-7-19/h3-6,19H,7H2,(H,21,22)(H,23,24)(H3,17,18,20). The molecular weight excluding hydrogens is 316 g/mol. The molecule has 1 heterocycles. The predicted molar refractivity (Wildman–Crippen MR) is 84.8 cm³/mol. The molecule has 1 aromatic carbocycles. The van der Waals surface area contributed by atoms with Crippen LogP contribution in [0, 0.1) is 11.8 Å². The Morgan fingerprint density at radius 2 is 1.67 bits per heavy atom. The molecular formula is C16H12N2O6. The predicted octanol–water partition coefficient (Wildman–Crippen LogP) is 0.364. The summed E-state index contributed by atoms with van der Waals surface area (Å²) in [5.74, 6) is 1.62. The minimum atomic E-state index is -1.57. The third-order valence-corrected chi connectivity index (χ3v) is 3.16. The maximum Gasteiger partial charge on any atom is 0.342 e. The van der Waals surface area contributed by atoms with Crippen LogP contribution in [0.25, 0.3) is 11.1 Å². The van der Waals surface area contributed by atoms with Crippen molar-refractivity contribution in [1.29, 1.82) is 0 Å². The molecule has 0 saturated carbocycles. The molecule has 1 aromatic heterocycles. The van der Waals surface area contributed by atoms with Gasteiger partial charge in [-0.05, 0) is 17.7 Å². The Labute approximate surface area is 135 Å². The summed E-state index contributed by atoms with van der Waals surface area (Å²) in [5.41, 5.74) is 3.78. The zero-order valence-electron chi connectivity index (χ0n) is 12.2. The van der Waals surface area contributed by atoms with E-state index in [0.717, 1.165) is 0 Å². The number of aliphatic hydroxyl groups is 1. The minimum Gasteiger partial charge on any atom is -0.478 e. The van der Waals surface area contributed by atoms with Gasteiger partial charge < -0.3 is 26.0 Å². The molecule has 0 amide bonds. The Morgan fingerprint density at radius 3 is 2.17 bits per heavy atom. The number of carboxylic acid groups (broad SMARTS) is 2. The summed E-state index contributed by atoms with van der Waals surface area (Å²) in [5, 5.41) is 27.3. The number of aromatic carboxylic acids is 2. The van der Waals surface area contributed by atoms with Gasteiger partial charge in [0.05, 0.1) is 0 Å². The molecule has 24 heavy (non-hydrogen) atoms. The summed E-state index contributed by atoms with van der Waals surface area (Å²) in [7, 11) is 0. The number of nitrogens with one attached hydrogen (secondary N) is 1. The lowest BCUT2D eigenvalue weighted by molar-refractivity contribution is 0.0695. The van der Waals surface area contributed by atoms with Crippen molar-refractivity contribution in [2.24, 2.45) is 0 Å². The first kappa shape index (κ1) is 16.8. The number of rotatable bonds is 3. The Bertz CT molecular complexity index is 932. The second-order valence-corrected chi connectivity index (χ2v) is 4.64. The number of hydrogen-bond donors (Lipinski definition) is 5. The van der Waals surface area contributed by atoms with Crippen LogP contribution in [-0.2, 0) is 0 Å². The van der Waals surface area contributed by atoms with Crippen LogP contribution < -0.4 is 11.3 Å². The molecule has 8 heteroatoms. The van der Waals surface area contributed by atoms with E-state index in [1.165, 1.54) is 24.3 Å². The van der Waals surface area contributed by atoms with Crippen LogP contribution in [0.5, 0.6) is 0 Å². The average Bonchev–Trinajstić information content (AvgIpc) is 2.51. The first-order valence-electron chi connectivity index (χ1n) is 6.59. The second-order valence-electron chi connectivity index (χ2n) is 4.64. The van der Waals surface area contributed by atoms with Crippen LogP contribution in [0.4, 0.5) is 5.82 Å². The average molecular weight is 328 g/mol. The van der Waals surface area contributed by atoms with E-state index in [0.29, 0.717) is 5.56 Å². The molecule has 2 aromatic rings. The van der Waals surface area contributed by atoms with Gasteiger partial charge in [0, 0.05) is 11.1 Å². The normalized spacial score (nSPS) is 9.88. The lowest BCUT2D eigenvalue weighted by Crippen LogP contribution is -2.24. The number of carbonyl (C=O) groups is 2. The number of aromatic nitrogens is 1. The Hall–Kier alpha value is -3.57. The van der Waals surface area contributed by atoms with Gasteiger partial charge in [0.15, 0.2) is 0 Å². The molecule has 122 valence electrons. The lowest BCUT2D eigenvalue weighted by atomic mass is 9.95. The van der Waals surface area contributed by atoms with E-state index < -0.39 is 34.4 Å². The molecule has 2 rings (SSSR count). The van der Waals surface area contributed by atoms with E-state index in [2.05, 4.69) is 11.8 Å². The number of H-pyrrole nitrogens is 1. The molecule has 0 spiro atoms. The van der Waals surface area contributed by atoms with Crippen molar-refractivity contribution in [3.8, 4) is 23.0 Å². The molecule has 0 aliphatic rings. The van der Waals surface area contributed by atoms with Crippen LogP contribution in [0.15, 0.2) is 29.1 Å². The number of benzene rings is 1. The fraction of sp³-hybridized carbons (Fsp3) is 0.0625. The van der Waals surface area contributed by atoms with E-state index in [1.807, 2.05) is 4.98 Å². The van der Waals surface area contributed by atoms with Gasteiger partial charge >= 0.3 is 11.9 Å². The van der Waals surface area contributed by atoms with E-state index in [-0.39, 0.29) is 17.7 Å². The molecule has 0 aliphatic heterocycles. The fourth-order valence-electron chi connectivity index (χ4n) is 2.20. The Morgan fingerprint density at radius 1 is 1.08 bits per heavy atom. The SMILES string of the molecule is Nc1[nH]c(=O)c(C(=O)O)c(-c2ccc(C#CCO)cc2)c1C(=O)O. The first-order valence-corrected chi connectivity index (χ1v) is 6.59. The maximum absolute atomic E-state index is 11.9. The van der Waals surface area contributed by atoms with Gasteiger partial charge in [0.2, 0.25) is 0 Å². The maximum atomic E-state index is 11.9. The number of nitrogen functional groups attached to an aromatic ring is 1. The summed E-state index contributed by atoms with van der Waals surface area (Å²) >= 11 is 0. The molecule has 0 saturated heterocycles. The van der Waals surface area contributed by atoms with Crippen molar-refractivity contribution >= 4 is 17.8 Å². The minimum absolute atomic E-state index is 0.192. The van der Waals surface area contributed by atoms with Gasteiger partial charge in [-0.1, -0.05) is 24.0 Å². The largest absolute Gasteiger partial charge is 0.478 e. The van der Waals surface area contributed by atoms with Crippen LogP contribution in [0.1, 0.15) is 26.3 Å². The van der Waals surface area contributed by atoms with Crippen molar-refractivity contribution in [3.63, 3.8) is 0 Å². The molecule has 6 N–H and O–H groups in total. The topological polar surface area (TPSA) is 154 Å². The van der Waals surface area contributed by atoms with E-state index >= 15 is 0 Å². The highest BCUT2D eigenvalue weighted by atomic mass is 16.4. The molecule has 0 unspecified atom stereocenters. The summed E-state index contributed by atoms with van der Waals surface area (Å²) in [6.45, 7) is -0.321. The van der Waals surface area contributed by atoms with E-state index in [9.17, 15) is 24.6 Å². The van der Waals surface area contributed by atoms with Crippen molar-refractivity contribution in [1.82, 2.24) is 4.98 Å². The van der Waals surface area contributed by atoms with Gasteiger partial charge in [-0.3, -0.25) is 4.79 Å². The Balaban J connectivity index is 2.78. The molecule has 0 atom stereocenters. The number of hydrogen-bond acceptors (Lipinski definition) is 5. The number of anilines is 1. The molecule has 0 radical (unpaired) electrons. The quantitative estimate of drug-likeness (QED) is 0.510. The van der Waals surface area contributed by atoms with Crippen molar-refractivity contribution in [2.45, 2.75) is 0 Å². The first-order chi connectivity index (χ1) is 11.4. The molecule has 8 nitrogen and oxygen atoms in total. The number of carboxylic acids is 2. The van der Waals surface area contributed by atoms with Crippen molar-refractivity contribution < 1.29 is 24.9 Å². The Kier molecular flexibility index (Phi) is 4.68. The highest BCUT2D eigenvalue weighted by Crippen LogP contribution is 2.29. The number of pyridine rings is 1. The summed E-state index contributed by atoms with van der Waals surface area (Å²) in [4.78, 5) is 36.8. The number of nitrogens with two attached hydrogens (primary N) is 1.